The van der Waals surface area contributed by atoms with Gasteiger partial charge in [-0.2, -0.15) is 0 Å². The first-order valence-corrected chi connectivity index (χ1v) is 9.11. The minimum Gasteiger partial charge on any atom is -0.235 e. The summed E-state index contributed by atoms with van der Waals surface area (Å²) in [6, 6.07) is 2.17. The number of thiazole rings is 1. The number of rotatable bonds is 1. The molecule has 1 nitrogen and oxygen atoms in total. The number of thiophene rings is 1. The quantitative estimate of drug-likeness (QED) is 0.664. The van der Waals surface area contributed by atoms with Gasteiger partial charge in [-0.05, 0) is 11.4 Å². The Morgan fingerprint density at radius 2 is 2.08 bits per heavy atom. The summed E-state index contributed by atoms with van der Waals surface area (Å²) in [6.45, 7) is 7.03. The van der Waals surface area contributed by atoms with Gasteiger partial charge in [-0.25, -0.2) is 4.98 Å². The predicted octanol–water partition coefficient (Wildman–Crippen LogP) is 2.90. The predicted molar refractivity (Wildman–Crippen MR) is 60.5 cm³/mol. The molecule has 0 aliphatic heterocycles. The maximum atomic E-state index is 4.64. The molecule has 0 bridgehead atoms. The molecule has 2 aromatic heterocycles. The normalized spacial score (nSPS) is 12.6. The van der Waals surface area contributed by atoms with Crippen LogP contribution in [0.15, 0.2) is 11.4 Å². The molecule has 2 heterocycles. The van der Waals surface area contributed by atoms with Crippen LogP contribution in [0.5, 0.6) is 0 Å². The van der Waals surface area contributed by atoms with Gasteiger partial charge in [0.1, 0.15) is 12.9 Å². The molecule has 0 amide bonds. The van der Waals surface area contributed by atoms with Crippen molar-refractivity contribution in [1.82, 2.24) is 4.98 Å². The molecule has 0 atom stereocenters. The Labute approximate surface area is 81.1 Å². The summed E-state index contributed by atoms with van der Waals surface area (Å²) >= 11 is 3.62. The Balaban J connectivity index is 2.59. The molecule has 0 aromatic carbocycles. The van der Waals surface area contributed by atoms with Crippen molar-refractivity contribution >= 4 is 44.9 Å². The van der Waals surface area contributed by atoms with E-state index in [4.69, 9.17) is 0 Å². The fourth-order valence-electron chi connectivity index (χ4n) is 0.989. The molecule has 0 unspecified atom stereocenters. The number of hydrogen-bond donors (Lipinski definition) is 0. The first-order valence-electron chi connectivity index (χ1n) is 3.92. The van der Waals surface area contributed by atoms with Crippen molar-refractivity contribution in [2.75, 3.05) is 0 Å². The number of hydrogen-bond acceptors (Lipinski definition) is 3. The van der Waals surface area contributed by atoms with Crippen molar-refractivity contribution in [1.29, 1.82) is 0 Å². The number of nitrogens with zero attached hydrogens (tertiary/aromatic N) is 1. The molecule has 0 radical (unpaired) electrons. The van der Waals surface area contributed by atoms with Crippen molar-refractivity contribution in [2.24, 2.45) is 0 Å². The van der Waals surface area contributed by atoms with E-state index in [9.17, 15) is 0 Å². The summed E-state index contributed by atoms with van der Waals surface area (Å²) in [7, 11) is -1.17. The van der Waals surface area contributed by atoms with Gasteiger partial charge in [-0.15, -0.1) is 22.7 Å². The lowest BCUT2D eigenvalue weighted by molar-refractivity contribution is 1.55. The number of fused-ring (bicyclic) bond motifs is 1. The van der Waals surface area contributed by atoms with E-state index in [1.54, 1.807) is 11.3 Å². The van der Waals surface area contributed by atoms with Crippen LogP contribution in [0.25, 0.3) is 9.53 Å². The molecular formula is C8H11NS2Si. The van der Waals surface area contributed by atoms with Crippen LogP contribution in [-0.4, -0.2) is 13.1 Å². The molecular weight excluding hydrogens is 202 g/mol. The lowest BCUT2D eigenvalue weighted by Crippen LogP contribution is -2.36. The van der Waals surface area contributed by atoms with Gasteiger partial charge < -0.3 is 0 Å². The zero-order valence-electron chi connectivity index (χ0n) is 7.42. The minimum absolute atomic E-state index is 1.17. The van der Waals surface area contributed by atoms with Crippen molar-refractivity contribution in [3.05, 3.63) is 11.4 Å². The number of aromatic nitrogens is 1. The summed E-state index contributed by atoms with van der Waals surface area (Å²) in [5, 5.41) is 2.11. The molecule has 0 saturated heterocycles. The van der Waals surface area contributed by atoms with Gasteiger partial charge in [0.2, 0.25) is 0 Å². The van der Waals surface area contributed by atoms with Crippen LogP contribution in [0.4, 0.5) is 0 Å². The van der Waals surface area contributed by atoms with E-state index < -0.39 is 8.07 Å². The van der Waals surface area contributed by atoms with E-state index in [1.807, 2.05) is 11.3 Å². The molecule has 64 valence electrons. The lowest BCUT2D eigenvalue weighted by Gasteiger charge is -2.09. The third kappa shape index (κ3) is 1.34. The highest BCUT2D eigenvalue weighted by Gasteiger charge is 2.21. The molecule has 0 aliphatic rings. The van der Waals surface area contributed by atoms with E-state index >= 15 is 0 Å². The Kier molecular flexibility index (Phi) is 1.86. The molecule has 12 heavy (non-hydrogen) atoms. The SMILES string of the molecule is C[Si](C)(C)c1nc2sccc2s1. The van der Waals surface area contributed by atoms with Gasteiger partial charge in [-0.3, -0.25) is 0 Å². The summed E-state index contributed by atoms with van der Waals surface area (Å²) in [6.07, 6.45) is 0. The van der Waals surface area contributed by atoms with Gasteiger partial charge >= 0.3 is 0 Å². The molecule has 4 heteroatoms. The third-order valence-corrected chi connectivity index (χ3v) is 6.97. The van der Waals surface area contributed by atoms with Gasteiger partial charge in [0.05, 0.1) is 9.33 Å². The second kappa shape index (κ2) is 2.65. The van der Waals surface area contributed by atoms with Crippen LogP contribution < -0.4 is 4.63 Å². The van der Waals surface area contributed by atoms with E-state index in [2.05, 4.69) is 36.1 Å². The van der Waals surface area contributed by atoms with Crippen LogP contribution in [0.2, 0.25) is 19.6 Å². The Morgan fingerprint density at radius 1 is 1.33 bits per heavy atom. The molecule has 0 spiro atoms. The third-order valence-electron chi connectivity index (χ3n) is 1.66. The minimum atomic E-state index is -1.17. The average molecular weight is 213 g/mol. The standard InChI is InChI=1S/C8H11NS2Si/c1-12(2,3)8-9-7-6(11-8)4-5-10-7/h4-5H,1-3H3. The van der Waals surface area contributed by atoms with Gasteiger partial charge in [0, 0.05) is 0 Å². The van der Waals surface area contributed by atoms with Crippen molar-refractivity contribution in [3.8, 4) is 0 Å². The van der Waals surface area contributed by atoms with Crippen LogP contribution in [0.3, 0.4) is 0 Å². The van der Waals surface area contributed by atoms with E-state index in [0.29, 0.717) is 0 Å². The van der Waals surface area contributed by atoms with Crippen molar-refractivity contribution in [2.45, 2.75) is 19.6 Å². The maximum absolute atomic E-state index is 4.64. The maximum Gasteiger partial charge on any atom is 0.134 e. The zero-order valence-corrected chi connectivity index (χ0v) is 10.1. The van der Waals surface area contributed by atoms with Crippen LogP contribution >= 0.6 is 22.7 Å². The molecule has 0 aliphatic carbocycles. The van der Waals surface area contributed by atoms with Crippen LogP contribution in [0, 0.1) is 0 Å². The summed E-state index contributed by atoms with van der Waals surface area (Å²) in [5.74, 6) is 0. The van der Waals surface area contributed by atoms with Crippen LogP contribution in [-0.2, 0) is 0 Å². The summed E-state index contributed by atoms with van der Waals surface area (Å²) in [4.78, 5) is 5.86. The van der Waals surface area contributed by atoms with Gasteiger partial charge in [0.25, 0.3) is 0 Å². The highest BCUT2D eigenvalue weighted by atomic mass is 32.1. The molecule has 0 fully saturated rings. The highest BCUT2D eigenvalue weighted by molar-refractivity contribution is 7.34. The Morgan fingerprint density at radius 3 is 2.67 bits per heavy atom. The molecule has 2 aromatic rings. The van der Waals surface area contributed by atoms with Gasteiger partial charge in [-0.1, -0.05) is 19.6 Å². The van der Waals surface area contributed by atoms with E-state index in [-0.39, 0.29) is 0 Å². The smallest absolute Gasteiger partial charge is 0.134 e. The van der Waals surface area contributed by atoms with Crippen molar-refractivity contribution < 1.29 is 0 Å². The summed E-state index contributed by atoms with van der Waals surface area (Å²) in [5.41, 5.74) is 0. The zero-order chi connectivity index (χ0) is 8.77. The average Bonchev–Trinajstić information content (AvgIpc) is 2.37. The van der Waals surface area contributed by atoms with E-state index in [1.165, 1.54) is 14.2 Å². The summed E-state index contributed by atoms with van der Waals surface area (Å²) < 4.78 is 2.74. The fourth-order valence-corrected chi connectivity index (χ4v) is 4.76. The Hall–Kier alpha value is -0.193. The largest absolute Gasteiger partial charge is 0.235 e. The second-order valence-corrected chi connectivity index (χ2v) is 11.1. The lowest BCUT2D eigenvalue weighted by atomic mass is 10.6. The second-order valence-electron chi connectivity index (χ2n) is 3.86. The van der Waals surface area contributed by atoms with E-state index in [0.717, 1.165) is 0 Å². The van der Waals surface area contributed by atoms with Crippen molar-refractivity contribution in [3.63, 3.8) is 0 Å². The Bertz CT molecular complexity index is 368. The van der Waals surface area contributed by atoms with Crippen LogP contribution in [0.1, 0.15) is 0 Å². The molecule has 0 saturated carbocycles. The first-order chi connectivity index (χ1) is 5.57. The monoisotopic (exact) mass is 213 g/mol. The first kappa shape index (κ1) is 8.41. The topological polar surface area (TPSA) is 12.9 Å². The highest BCUT2D eigenvalue weighted by Crippen LogP contribution is 2.23. The van der Waals surface area contributed by atoms with Gasteiger partial charge in [0.15, 0.2) is 0 Å². The molecule has 0 N–H and O–H groups in total. The molecule has 2 rings (SSSR count). The fraction of sp³-hybridized carbons (Fsp3) is 0.375.